The normalized spacial score (nSPS) is 27.3. The topological polar surface area (TPSA) is 108 Å². The lowest BCUT2D eigenvalue weighted by atomic mass is 9.56. The molecule has 8 nitrogen and oxygen atoms in total. The van der Waals surface area contributed by atoms with Crippen molar-refractivity contribution in [2.45, 2.75) is 51.1 Å². The summed E-state index contributed by atoms with van der Waals surface area (Å²) >= 11 is 0. The maximum atomic E-state index is 13.2. The summed E-state index contributed by atoms with van der Waals surface area (Å²) in [6, 6.07) is 4.36. The lowest BCUT2D eigenvalue weighted by molar-refractivity contribution is -0.136. The van der Waals surface area contributed by atoms with Crippen LogP contribution in [0.15, 0.2) is 18.2 Å². The molecule has 5 rings (SSSR count). The first-order valence-corrected chi connectivity index (χ1v) is 11.3. The molecule has 2 unspecified atom stereocenters. The van der Waals surface area contributed by atoms with E-state index in [2.05, 4.69) is 16.0 Å². The molecule has 1 aromatic carbocycles. The molecule has 3 aliphatic heterocycles. The van der Waals surface area contributed by atoms with Crippen LogP contribution in [0.1, 0.15) is 64.8 Å². The van der Waals surface area contributed by atoms with E-state index in [1.54, 1.807) is 12.1 Å². The fourth-order valence-corrected chi connectivity index (χ4v) is 5.77. The van der Waals surface area contributed by atoms with Crippen molar-refractivity contribution in [2.75, 3.05) is 19.6 Å². The lowest BCUT2D eigenvalue weighted by Crippen LogP contribution is -2.54. The number of carbonyl (C=O) groups is 4. The van der Waals surface area contributed by atoms with Crippen molar-refractivity contribution < 1.29 is 19.2 Å². The van der Waals surface area contributed by atoms with Gasteiger partial charge in [-0.1, -0.05) is 12.1 Å². The van der Waals surface area contributed by atoms with Crippen molar-refractivity contribution in [1.82, 2.24) is 20.9 Å². The molecule has 3 N–H and O–H groups in total. The quantitative estimate of drug-likeness (QED) is 0.608. The van der Waals surface area contributed by atoms with Crippen molar-refractivity contribution in [3.63, 3.8) is 0 Å². The Labute approximate surface area is 181 Å². The van der Waals surface area contributed by atoms with E-state index in [0.29, 0.717) is 29.0 Å². The summed E-state index contributed by atoms with van der Waals surface area (Å²) in [5.74, 6) is -1.19. The van der Waals surface area contributed by atoms with Crippen LogP contribution in [0.4, 0.5) is 0 Å². The van der Waals surface area contributed by atoms with Crippen LogP contribution in [0.5, 0.6) is 0 Å². The van der Waals surface area contributed by atoms with Crippen LogP contribution in [-0.2, 0) is 16.1 Å². The van der Waals surface area contributed by atoms with Gasteiger partial charge < -0.3 is 10.6 Å². The van der Waals surface area contributed by atoms with E-state index in [0.717, 1.165) is 30.1 Å². The third-order valence-corrected chi connectivity index (χ3v) is 7.72. The van der Waals surface area contributed by atoms with Crippen LogP contribution >= 0.6 is 0 Å². The molecule has 1 spiro atoms. The molecule has 3 heterocycles. The zero-order chi connectivity index (χ0) is 21.6. The minimum absolute atomic E-state index is 0.122. The summed E-state index contributed by atoms with van der Waals surface area (Å²) in [6.07, 6.45) is 5.29. The second kappa shape index (κ2) is 7.84. The first kappa shape index (κ1) is 20.3. The number of rotatable bonds is 5. The highest BCUT2D eigenvalue weighted by molar-refractivity contribution is 6.24. The minimum atomic E-state index is -0.930. The molecule has 1 aromatic rings. The summed E-state index contributed by atoms with van der Waals surface area (Å²) < 4.78 is 0. The Kier molecular flexibility index (Phi) is 5.14. The van der Waals surface area contributed by atoms with Gasteiger partial charge in [-0.15, -0.1) is 0 Å². The number of hydrogen-bond donors (Lipinski definition) is 3. The second-order valence-corrected chi connectivity index (χ2v) is 9.27. The number of fused-ring (bicyclic) bond motifs is 1. The highest BCUT2D eigenvalue weighted by atomic mass is 16.2. The molecule has 0 radical (unpaired) electrons. The Morgan fingerprint density at radius 3 is 2.55 bits per heavy atom. The van der Waals surface area contributed by atoms with Crippen molar-refractivity contribution >= 4 is 23.6 Å². The van der Waals surface area contributed by atoms with E-state index in [1.165, 1.54) is 25.7 Å². The van der Waals surface area contributed by atoms with Gasteiger partial charge in [-0.05, 0) is 74.7 Å². The number of benzene rings is 1. The van der Waals surface area contributed by atoms with Gasteiger partial charge in [0.25, 0.3) is 11.8 Å². The molecule has 8 heteroatoms. The molecular weight excluding hydrogens is 396 g/mol. The predicted octanol–water partition coefficient (Wildman–Crippen LogP) is 0.957. The van der Waals surface area contributed by atoms with Gasteiger partial charge in [0.15, 0.2) is 0 Å². The van der Waals surface area contributed by atoms with E-state index < -0.39 is 23.8 Å². The third-order valence-electron chi connectivity index (χ3n) is 7.72. The van der Waals surface area contributed by atoms with Gasteiger partial charge in [0.2, 0.25) is 11.8 Å². The van der Waals surface area contributed by atoms with Crippen molar-refractivity contribution in [3.05, 3.63) is 34.9 Å². The number of imide groups is 2. The molecule has 4 amide bonds. The number of amides is 4. The number of carbonyl (C=O) groups excluding carboxylic acids is 4. The monoisotopic (exact) mass is 424 g/mol. The second-order valence-electron chi connectivity index (χ2n) is 9.27. The highest BCUT2D eigenvalue weighted by Gasteiger charge is 2.47. The number of nitrogens with zero attached hydrogens (tertiary/aromatic N) is 1. The molecule has 2 saturated heterocycles. The maximum Gasteiger partial charge on any atom is 0.262 e. The first-order valence-electron chi connectivity index (χ1n) is 11.3. The third kappa shape index (κ3) is 3.38. The Balaban J connectivity index is 1.28. The standard InChI is InChI=1S/C23H28N4O4/c28-18-5-4-17(20(29)26-18)27-21(30)16-3-1-2-14(19(16)22(27)31)12-25-13-15-6-7-23(15)8-10-24-11-9-23/h1-3,15,17,24-25H,4-13H2,(H,26,28,29). The number of hydrogen-bond acceptors (Lipinski definition) is 6. The Morgan fingerprint density at radius 2 is 1.84 bits per heavy atom. The van der Waals surface area contributed by atoms with E-state index >= 15 is 0 Å². The summed E-state index contributed by atoms with van der Waals surface area (Å²) in [4.78, 5) is 50.8. The number of piperidine rings is 2. The SMILES string of the molecule is O=C1CCC(N2C(=O)c3cccc(CNCC4CCC45CCNCC5)c3C2=O)C(=O)N1. The van der Waals surface area contributed by atoms with E-state index in [4.69, 9.17) is 0 Å². The van der Waals surface area contributed by atoms with Gasteiger partial charge in [0.1, 0.15) is 6.04 Å². The fraction of sp³-hybridized carbons (Fsp3) is 0.565. The van der Waals surface area contributed by atoms with Crippen LogP contribution in [0, 0.1) is 11.3 Å². The minimum Gasteiger partial charge on any atom is -0.317 e. The largest absolute Gasteiger partial charge is 0.317 e. The van der Waals surface area contributed by atoms with Crippen molar-refractivity contribution in [3.8, 4) is 0 Å². The molecule has 3 fully saturated rings. The van der Waals surface area contributed by atoms with Crippen molar-refractivity contribution in [1.29, 1.82) is 0 Å². The molecular formula is C23H28N4O4. The molecule has 2 atom stereocenters. The molecule has 31 heavy (non-hydrogen) atoms. The lowest BCUT2D eigenvalue weighted by Gasteiger charge is -2.52. The summed E-state index contributed by atoms with van der Waals surface area (Å²) in [5, 5.41) is 9.20. The van der Waals surface area contributed by atoms with E-state index in [-0.39, 0.29) is 18.7 Å². The van der Waals surface area contributed by atoms with Gasteiger partial charge in [-0.3, -0.25) is 29.4 Å². The molecule has 4 aliphatic rings. The summed E-state index contributed by atoms with van der Waals surface area (Å²) in [5.41, 5.74) is 1.97. The average molecular weight is 425 g/mol. The zero-order valence-electron chi connectivity index (χ0n) is 17.5. The Bertz CT molecular complexity index is 953. The van der Waals surface area contributed by atoms with Crippen LogP contribution in [-0.4, -0.2) is 54.2 Å². The molecule has 0 bridgehead atoms. The van der Waals surface area contributed by atoms with Crippen LogP contribution < -0.4 is 16.0 Å². The Morgan fingerprint density at radius 1 is 1.03 bits per heavy atom. The van der Waals surface area contributed by atoms with Crippen molar-refractivity contribution in [2.24, 2.45) is 11.3 Å². The van der Waals surface area contributed by atoms with Gasteiger partial charge in [0.05, 0.1) is 11.1 Å². The predicted molar refractivity (Wildman–Crippen MR) is 112 cm³/mol. The van der Waals surface area contributed by atoms with E-state index in [9.17, 15) is 19.2 Å². The average Bonchev–Trinajstić information content (AvgIpc) is 3.02. The molecule has 0 aromatic heterocycles. The zero-order valence-corrected chi connectivity index (χ0v) is 17.5. The highest BCUT2D eigenvalue weighted by Crippen LogP contribution is 2.52. The summed E-state index contributed by atoms with van der Waals surface area (Å²) in [6.45, 7) is 3.60. The smallest absolute Gasteiger partial charge is 0.262 e. The van der Waals surface area contributed by atoms with Gasteiger partial charge in [-0.2, -0.15) is 0 Å². The number of nitrogens with one attached hydrogen (secondary N) is 3. The van der Waals surface area contributed by atoms with E-state index in [1.807, 2.05) is 6.07 Å². The Hall–Kier alpha value is -2.58. The van der Waals surface area contributed by atoms with Gasteiger partial charge in [0, 0.05) is 13.0 Å². The molecule has 1 aliphatic carbocycles. The van der Waals surface area contributed by atoms with Crippen LogP contribution in [0.2, 0.25) is 0 Å². The van der Waals surface area contributed by atoms with Crippen LogP contribution in [0.3, 0.4) is 0 Å². The van der Waals surface area contributed by atoms with Crippen LogP contribution in [0.25, 0.3) is 0 Å². The fourth-order valence-electron chi connectivity index (χ4n) is 5.77. The first-order chi connectivity index (χ1) is 15.0. The molecule has 1 saturated carbocycles. The summed E-state index contributed by atoms with van der Waals surface area (Å²) in [7, 11) is 0. The van der Waals surface area contributed by atoms with Gasteiger partial charge in [-0.25, -0.2) is 0 Å². The molecule has 164 valence electrons. The maximum absolute atomic E-state index is 13.2. The van der Waals surface area contributed by atoms with Gasteiger partial charge >= 0.3 is 0 Å².